The number of hydrogen-bond acceptors (Lipinski definition) is 7. The van der Waals surface area contributed by atoms with Gasteiger partial charge in [0.25, 0.3) is 5.91 Å². The quantitative estimate of drug-likeness (QED) is 0.612. The molecule has 1 saturated carbocycles. The fourth-order valence-electron chi connectivity index (χ4n) is 2.96. The monoisotopic (exact) mass is 377 g/mol. The van der Waals surface area contributed by atoms with Crippen LogP contribution in [-0.4, -0.2) is 44.2 Å². The number of carbonyl (C=O) groups excluding carboxylic acids is 2. The predicted molar refractivity (Wildman–Crippen MR) is 96.3 cm³/mol. The van der Waals surface area contributed by atoms with Gasteiger partial charge in [-0.25, -0.2) is 4.79 Å². The summed E-state index contributed by atoms with van der Waals surface area (Å²) in [4.78, 5) is 25.4. The molecule has 0 saturated heterocycles. The van der Waals surface area contributed by atoms with E-state index in [2.05, 4.69) is 20.7 Å². The molecular weight excluding hydrogens is 354 g/mol. The minimum absolute atomic E-state index is 0.177. The molecule has 1 N–H and O–H groups in total. The van der Waals surface area contributed by atoms with Crippen molar-refractivity contribution in [3.05, 3.63) is 16.8 Å². The molecule has 2 aromatic rings. The van der Waals surface area contributed by atoms with Crippen LogP contribution in [-0.2, 0) is 20.9 Å². The van der Waals surface area contributed by atoms with E-state index in [4.69, 9.17) is 4.74 Å². The number of esters is 1. The number of nitrogens with one attached hydrogen (secondary N) is 1. The number of aromatic nitrogens is 4. The first-order chi connectivity index (χ1) is 12.6. The fourth-order valence-corrected chi connectivity index (χ4v) is 3.60. The molecule has 3 rings (SSSR count). The lowest BCUT2D eigenvalue weighted by Gasteiger charge is -2.19. The molecule has 0 unspecified atom stereocenters. The van der Waals surface area contributed by atoms with Crippen molar-refractivity contribution in [2.45, 2.75) is 64.1 Å². The SMILES string of the molecule is C[C@H](OC(=O)Cn1nnc(-c2ccsc2)n1)C(=O)NC1CCCCCC1. The number of carbonyl (C=O) groups is 2. The zero-order valence-corrected chi connectivity index (χ0v) is 15.6. The van der Waals surface area contributed by atoms with Crippen LogP contribution in [0.2, 0.25) is 0 Å². The largest absolute Gasteiger partial charge is 0.451 e. The minimum atomic E-state index is -0.842. The summed E-state index contributed by atoms with van der Waals surface area (Å²) < 4.78 is 5.21. The van der Waals surface area contributed by atoms with Crippen LogP contribution in [0, 0.1) is 0 Å². The summed E-state index contributed by atoms with van der Waals surface area (Å²) in [5.74, 6) is -0.364. The summed E-state index contributed by atoms with van der Waals surface area (Å²) in [6.45, 7) is 1.40. The lowest BCUT2D eigenvalue weighted by Crippen LogP contribution is -2.42. The van der Waals surface area contributed by atoms with Crippen LogP contribution >= 0.6 is 11.3 Å². The minimum Gasteiger partial charge on any atom is -0.451 e. The Labute approximate surface area is 155 Å². The number of rotatable bonds is 6. The smallest absolute Gasteiger partial charge is 0.330 e. The number of tetrazole rings is 1. The molecule has 140 valence electrons. The average molecular weight is 377 g/mol. The topological polar surface area (TPSA) is 99.0 Å². The van der Waals surface area contributed by atoms with Crippen molar-refractivity contribution in [2.75, 3.05) is 0 Å². The highest BCUT2D eigenvalue weighted by molar-refractivity contribution is 7.08. The number of ether oxygens (including phenoxy) is 1. The normalized spacial score (nSPS) is 16.7. The maximum Gasteiger partial charge on any atom is 0.330 e. The van der Waals surface area contributed by atoms with Crippen LogP contribution in [0.15, 0.2) is 16.8 Å². The molecule has 8 nitrogen and oxygen atoms in total. The van der Waals surface area contributed by atoms with Gasteiger partial charge < -0.3 is 10.1 Å². The van der Waals surface area contributed by atoms with E-state index in [0.717, 1.165) is 31.2 Å². The van der Waals surface area contributed by atoms with Gasteiger partial charge in [0.1, 0.15) is 0 Å². The van der Waals surface area contributed by atoms with E-state index in [0.29, 0.717) is 5.82 Å². The zero-order valence-electron chi connectivity index (χ0n) is 14.8. The Hall–Kier alpha value is -2.29. The van der Waals surface area contributed by atoms with Crippen LogP contribution in [0.25, 0.3) is 11.4 Å². The second-order valence-corrected chi connectivity index (χ2v) is 7.26. The van der Waals surface area contributed by atoms with Crippen molar-refractivity contribution >= 4 is 23.2 Å². The van der Waals surface area contributed by atoms with E-state index in [1.54, 1.807) is 6.92 Å². The van der Waals surface area contributed by atoms with Crippen LogP contribution in [0.4, 0.5) is 0 Å². The third-order valence-electron chi connectivity index (χ3n) is 4.38. The fraction of sp³-hybridized carbons (Fsp3) is 0.588. The second kappa shape index (κ2) is 8.88. The first kappa shape index (κ1) is 18.5. The zero-order chi connectivity index (χ0) is 18.4. The van der Waals surface area contributed by atoms with Crippen LogP contribution < -0.4 is 5.32 Å². The molecule has 1 amide bonds. The van der Waals surface area contributed by atoms with Gasteiger partial charge in [-0.1, -0.05) is 25.7 Å². The highest BCUT2D eigenvalue weighted by atomic mass is 32.1. The molecule has 0 aromatic carbocycles. The molecule has 0 aliphatic heterocycles. The third-order valence-corrected chi connectivity index (χ3v) is 5.06. The number of thiophene rings is 1. The Bertz CT molecular complexity index is 723. The first-order valence-corrected chi connectivity index (χ1v) is 9.86. The summed E-state index contributed by atoms with van der Waals surface area (Å²) >= 11 is 1.53. The summed E-state index contributed by atoms with van der Waals surface area (Å²) in [7, 11) is 0. The molecule has 0 bridgehead atoms. The Morgan fingerprint density at radius 2 is 2.12 bits per heavy atom. The van der Waals surface area contributed by atoms with Crippen molar-refractivity contribution in [3.63, 3.8) is 0 Å². The molecule has 2 heterocycles. The van der Waals surface area contributed by atoms with Gasteiger partial charge in [0.2, 0.25) is 5.82 Å². The molecule has 0 spiro atoms. The molecule has 1 aliphatic rings. The number of hydrogen-bond donors (Lipinski definition) is 1. The maximum atomic E-state index is 12.2. The van der Waals surface area contributed by atoms with Gasteiger partial charge in [-0.3, -0.25) is 4.79 Å². The summed E-state index contributed by atoms with van der Waals surface area (Å²) in [6.07, 6.45) is 5.82. The van der Waals surface area contributed by atoms with Gasteiger partial charge in [-0.05, 0) is 36.4 Å². The second-order valence-electron chi connectivity index (χ2n) is 6.48. The molecule has 1 atom stereocenters. The standard InChI is InChI=1S/C17H23N5O3S/c1-12(17(24)18-14-6-4-2-3-5-7-14)25-15(23)10-22-20-16(19-21-22)13-8-9-26-11-13/h8-9,11-12,14H,2-7,10H2,1H3,(H,18,24)/t12-/m0/s1. The Morgan fingerprint density at radius 1 is 1.35 bits per heavy atom. The first-order valence-electron chi connectivity index (χ1n) is 8.92. The molecule has 1 aliphatic carbocycles. The van der Waals surface area contributed by atoms with Gasteiger partial charge in [0, 0.05) is 17.0 Å². The van der Waals surface area contributed by atoms with E-state index in [9.17, 15) is 9.59 Å². The van der Waals surface area contributed by atoms with Crippen molar-refractivity contribution in [2.24, 2.45) is 0 Å². The van der Waals surface area contributed by atoms with E-state index in [1.807, 2.05) is 16.8 Å². The Kier molecular flexibility index (Phi) is 6.32. The lowest BCUT2D eigenvalue weighted by molar-refractivity contribution is -0.156. The van der Waals surface area contributed by atoms with Crippen LogP contribution in [0.1, 0.15) is 45.4 Å². The van der Waals surface area contributed by atoms with Gasteiger partial charge in [-0.2, -0.15) is 16.1 Å². The summed E-state index contributed by atoms with van der Waals surface area (Å²) in [5, 5.41) is 18.7. The van der Waals surface area contributed by atoms with Crippen molar-refractivity contribution in [1.29, 1.82) is 0 Å². The van der Waals surface area contributed by atoms with Crippen LogP contribution in [0.5, 0.6) is 0 Å². The number of nitrogens with zero attached hydrogens (tertiary/aromatic N) is 4. The lowest BCUT2D eigenvalue weighted by atomic mass is 10.1. The van der Waals surface area contributed by atoms with Crippen LogP contribution in [0.3, 0.4) is 0 Å². The molecule has 0 radical (unpaired) electrons. The summed E-state index contributed by atoms with van der Waals surface area (Å²) in [6, 6.07) is 2.06. The Balaban J connectivity index is 1.47. The maximum absolute atomic E-state index is 12.2. The average Bonchev–Trinajstić information content (AvgIpc) is 3.23. The van der Waals surface area contributed by atoms with E-state index in [1.165, 1.54) is 29.0 Å². The summed E-state index contributed by atoms with van der Waals surface area (Å²) in [5.41, 5.74) is 0.853. The van der Waals surface area contributed by atoms with Gasteiger partial charge in [0.05, 0.1) is 0 Å². The van der Waals surface area contributed by atoms with Crippen molar-refractivity contribution < 1.29 is 14.3 Å². The Morgan fingerprint density at radius 3 is 2.81 bits per heavy atom. The highest BCUT2D eigenvalue weighted by Gasteiger charge is 2.22. The van der Waals surface area contributed by atoms with E-state index >= 15 is 0 Å². The van der Waals surface area contributed by atoms with Gasteiger partial charge >= 0.3 is 5.97 Å². The van der Waals surface area contributed by atoms with Gasteiger partial charge in [-0.15, -0.1) is 10.2 Å². The third kappa shape index (κ3) is 5.10. The van der Waals surface area contributed by atoms with Gasteiger partial charge in [0.15, 0.2) is 12.6 Å². The highest BCUT2D eigenvalue weighted by Crippen LogP contribution is 2.18. The molecule has 2 aromatic heterocycles. The predicted octanol–water partition coefficient (Wildman–Crippen LogP) is 2.17. The van der Waals surface area contributed by atoms with Crippen molar-refractivity contribution in [3.8, 4) is 11.4 Å². The van der Waals surface area contributed by atoms with E-state index in [-0.39, 0.29) is 18.5 Å². The molecule has 26 heavy (non-hydrogen) atoms. The number of amides is 1. The molecule has 9 heteroatoms. The van der Waals surface area contributed by atoms with Crippen molar-refractivity contribution in [1.82, 2.24) is 25.5 Å². The van der Waals surface area contributed by atoms with E-state index < -0.39 is 12.1 Å². The molecular formula is C17H23N5O3S. The molecule has 1 fully saturated rings.